The van der Waals surface area contributed by atoms with Crippen molar-refractivity contribution in [1.29, 1.82) is 0 Å². The van der Waals surface area contributed by atoms with Gasteiger partial charge in [0.2, 0.25) is 0 Å². The van der Waals surface area contributed by atoms with Crippen LogP contribution in [0.5, 0.6) is 0 Å². The molecule has 30 heavy (non-hydrogen) atoms. The van der Waals surface area contributed by atoms with Crippen molar-refractivity contribution in [3.05, 3.63) is 70.9 Å². The van der Waals surface area contributed by atoms with Crippen LogP contribution in [0.1, 0.15) is 59.3 Å². The largest absolute Gasteiger partial charge is 0.457 e. The molecule has 0 atom stereocenters. The maximum Gasteiger partial charge on any atom is 0.340 e. The molecule has 1 aromatic heterocycles. The Morgan fingerprint density at radius 2 is 1.83 bits per heavy atom. The number of likely N-dealkylation sites (N-methyl/N-ethyl adjacent to an activating group) is 1. The number of aromatic nitrogens is 1. The predicted molar refractivity (Wildman–Crippen MR) is 122 cm³/mol. The number of aromatic amines is 1. The second kappa shape index (κ2) is 9.48. The molecular weight excluding hydrogens is 372 g/mol. The number of esters is 1. The molecule has 0 unspecified atom stereocenters. The monoisotopic (exact) mass is 404 g/mol. The van der Waals surface area contributed by atoms with Crippen molar-refractivity contribution in [2.45, 2.75) is 58.1 Å². The summed E-state index contributed by atoms with van der Waals surface area (Å²) < 4.78 is 5.61. The highest BCUT2D eigenvalue weighted by Gasteiger charge is 2.20. The second-order valence-corrected chi connectivity index (χ2v) is 8.59. The van der Waals surface area contributed by atoms with Gasteiger partial charge in [-0.3, -0.25) is 0 Å². The van der Waals surface area contributed by atoms with Gasteiger partial charge in [-0.1, -0.05) is 55.7 Å². The summed E-state index contributed by atoms with van der Waals surface area (Å²) in [7, 11) is 2.25. The standard InChI is InChI=1S/C26H32N2O2/c1-19-25(26(29)30-18-21-9-5-3-6-10-21)23-17-20(13-14-24(23)27-19)15-16-28(2)22-11-7-4-8-12-22/h3,5-6,9-10,13-14,17,22,27H,4,7-8,11-12,15-16,18H2,1-2H3. The molecule has 4 nitrogen and oxygen atoms in total. The number of hydrogen-bond acceptors (Lipinski definition) is 3. The van der Waals surface area contributed by atoms with Crippen LogP contribution in [-0.2, 0) is 17.8 Å². The number of ether oxygens (including phenoxy) is 1. The molecule has 0 spiro atoms. The van der Waals surface area contributed by atoms with E-state index in [-0.39, 0.29) is 12.6 Å². The first kappa shape index (κ1) is 20.7. The van der Waals surface area contributed by atoms with E-state index >= 15 is 0 Å². The SMILES string of the molecule is Cc1[nH]c2ccc(CCN(C)C3CCCCC3)cc2c1C(=O)OCc1ccccc1. The summed E-state index contributed by atoms with van der Waals surface area (Å²) in [5.74, 6) is -0.265. The number of hydrogen-bond donors (Lipinski definition) is 1. The van der Waals surface area contributed by atoms with Gasteiger partial charge in [-0.25, -0.2) is 4.79 Å². The fourth-order valence-electron chi connectivity index (χ4n) is 4.60. The minimum atomic E-state index is -0.265. The van der Waals surface area contributed by atoms with Crippen molar-refractivity contribution in [3.63, 3.8) is 0 Å². The number of carbonyl (C=O) groups is 1. The van der Waals surface area contributed by atoms with Crippen LogP contribution in [0.3, 0.4) is 0 Å². The van der Waals surface area contributed by atoms with E-state index in [9.17, 15) is 4.79 Å². The lowest BCUT2D eigenvalue weighted by Crippen LogP contribution is -2.34. The predicted octanol–water partition coefficient (Wildman–Crippen LogP) is 5.64. The van der Waals surface area contributed by atoms with Crippen LogP contribution < -0.4 is 0 Å². The fraction of sp³-hybridized carbons (Fsp3) is 0.423. The minimum absolute atomic E-state index is 0.265. The summed E-state index contributed by atoms with van der Waals surface area (Å²) in [6.45, 7) is 3.28. The van der Waals surface area contributed by atoms with E-state index in [1.54, 1.807) is 0 Å². The van der Waals surface area contributed by atoms with Gasteiger partial charge >= 0.3 is 5.97 Å². The lowest BCUT2D eigenvalue weighted by atomic mass is 9.94. The van der Waals surface area contributed by atoms with E-state index in [1.165, 1.54) is 37.7 Å². The molecule has 4 rings (SSSR count). The number of nitrogens with one attached hydrogen (secondary N) is 1. The lowest BCUT2D eigenvalue weighted by molar-refractivity contribution is 0.0474. The molecule has 1 N–H and O–H groups in total. The molecular formula is C26H32N2O2. The quantitative estimate of drug-likeness (QED) is 0.518. The van der Waals surface area contributed by atoms with Gasteiger partial charge in [0.05, 0.1) is 5.56 Å². The van der Waals surface area contributed by atoms with Gasteiger partial charge in [0.25, 0.3) is 0 Å². The Morgan fingerprint density at radius 1 is 1.07 bits per heavy atom. The van der Waals surface area contributed by atoms with Gasteiger partial charge in [-0.15, -0.1) is 0 Å². The van der Waals surface area contributed by atoms with Gasteiger partial charge in [0.1, 0.15) is 6.61 Å². The Hall–Kier alpha value is -2.59. The highest BCUT2D eigenvalue weighted by molar-refractivity contribution is 6.05. The summed E-state index contributed by atoms with van der Waals surface area (Å²) in [4.78, 5) is 18.7. The average Bonchev–Trinajstić information content (AvgIpc) is 3.12. The van der Waals surface area contributed by atoms with E-state index in [0.29, 0.717) is 5.56 Å². The average molecular weight is 405 g/mol. The minimum Gasteiger partial charge on any atom is -0.457 e. The fourth-order valence-corrected chi connectivity index (χ4v) is 4.60. The third-order valence-corrected chi connectivity index (χ3v) is 6.42. The summed E-state index contributed by atoms with van der Waals surface area (Å²) in [6, 6.07) is 17.0. The number of H-pyrrole nitrogens is 1. The smallest absolute Gasteiger partial charge is 0.340 e. The molecule has 0 amide bonds. The number of fused-ring (bicyclic) bond motifs is 1. The molecule has 1 fully saturated rings. The van der Waals surface area contributed by atoms with Crippen LogP contribution in [0, 0.1) is 6.92 Å². The molecule has 4 heteroatoms. The number of benzene rings is 2. The second-order valence-electron chi connectivity index (χ2n) is 8.59. The lowest BCUT2D eigenvalue weighted by Gasteiger charge is -2.31. The van der Waals surface area contributed by atoms with E-state index in [2.05, 4.69) is 35.1 Å². The van der Waals surface area contributed by atoms with E-state index in [0.717, 1.165) is 41.2 Å². The van der Waals surface area contributed by atoms with Crippen LogP contribution in [0.2, 0.25) is 0 Å². The molecule has 158 valence electrons. The van der Waals surface area contributed by atoms with Crippen LogP contribution in [-0.4, -0.2) is 35.5 Å². The maximum atomic E-state index is 12.8. The highest BCUT2D eigenvalue weighted by Crippen LogP contribution is 2.26. The molecule has 1 aliphatic rings. The van der Waals surface area contributed by atoms with E-state index in [1.807, 2.05) is 37.3 Å². The van der Waals surface area contributed by atoms with Crippen LogP contribution in [0.4, 0.5) is 0 Å². The van der Waals surface area contributed by atoms with Gasteiger partial charge in [0.15, 0.2) is 0 Å². The Morgan fingerprint density at radius 3 is 2.60 bits per heavy atom. The Bertz CT molecular complexity index is 987. The first-order valence-corrected chi connectivity index (χ1v) is 11.1. The summed E-state index contributed by atoms with van der Waals surface area (Å²) in [5.41, 5.74) is 4.77. The Labute approximate surface area is 179 Å². The first-order valence-electron chi connectivity index (χ1n) is 11.1. The van der Waals surface area contributed by atoms with Crippen molar-refractivity contribution in [3.8, 4) is 0 Å². The molecule has 0 radical (unpaired) electrons. The zero-order valence-corrected chi connectivity index (χ0v) is 18.1. The summed E-state index contributed by atoms with van der Waals surface area (Å²) in [5, 5.41) is 0.961. The van der Waals surface area contributed by atoms with Crippen molar-refractivity contribution in [2.75, 3.05) is 13.6 Å². The Balaban J connectivity index is 1.45. The van der Waals surface area contributed by atoms with Crippen LogP contribution in [0.15, 0.2) is 48.5 Å². The molecule has 1 heterocycles. The zero-order valence-electron chi connectivity index (χ0n) is 18.1. The molecule has 2 aromatic carbocycles. The molecule has 0 saturated heterocycles. The first-order chi connectivity index (χ1) is 14.6. The van der Waals surface area contributed by atoms with Gasteiger partial charge in [0, 0.05) is 29.2 Å². The van der Waals surface area contributed by atoms with E-state index in [4.69, 9.17) is 4.74 Å². The van der Waals surface area contributed by atoms with Crippen molar-refractivity contribution in [1.82, 2.24) is 9.88 Å². The van der Waals surface area contributed by atoms with Crippen molar-refractivity contribution in [2.24, 2.45) is 0 Å². The van der Waals surface area contributed by atoms with Gasteiger partial charge in [-0.2, -0.15) is 0 Å². The third-order valence-electron chi connectivity index (χ3n) is 6.42. The van der Waals surface area contributed by atoms with Crippen LogP contribution >= 0.6 is 0 Å². The van der Waals surface area contributed by atoms with Crippen molar-refractivity contribution < 1.29 is 9.53 Å². The van der Waals surface area contributed by atoms with Gasteiger partial charge in [-0.05, 0) is 56.5 Å². The molecule has 1 saturated carbocycles. The molecule has 0 bridgehead atoms. The van der Waals surface area contributed by atoms with Crippen molar-refractivity contribution >= 4 is 16.9 Å². The van der Waals surface area contributed by atoms with Crippen LogP contribution in [0.25, 0.3) is 10.9 Å². The number of aryl methyl sites for hydroxylation is 1. The number of rotatable bonds is 7. The maximum absolute atomic E-state index is 12.8. The topological polar surface area (TPSA) is 45.3 Å². The zero-order chi connectivity index (χ0) is 20.9. The van der Waals surface area contributed by atoms with E-state index < -0.39 is 0 Å². The summed E-state index contributed by atoms with van der Waals surface area (Å²) >= 11 is 0. The number of carbonyl (C=O) groups excluding carboxylic acids is 1. The highest BCUT2D eigenvalue weighted by atomic mass is 16.5. The number of nitrogens with zero attached hydrogens (tertiary/aromatic N) is 1. The molecule has 0 aliphatic heterocycles. The third kappa shape index (κ3) is 4.76. The Kier molecular flexibility index (Phi) is 6.53. The summed E-state index contributed by atoms with van der Waals surface area (Å²) in [6.07, 6.45) is 7.74. The molecule has 3 aromatic rings. The van der Waals surface area contributed by atoms with Gasteiger partial charge < -0.3 is 14.6 Å². The molecule has 1 aliphatic carbocycles. The normalized spacial score (nSPS) is 15.0.